The number of sulfone groups is 1. The molecule has 6 nitrogen and oxygen atoms in total. The smallest absolute Gasteiger partial charge is 0.275 e. The fraction of sp³-hybridized carbons (Fsp3) is 0.105. The number of carbonyl (C=O) groups excluding carboxylic acids is 1. The molecule has 28 heavy (non-hydrogen) atoms. The van der Waals surface area contributed by atoms with Gasteiger partial charge in [-0.2, -0.15) is 0 Å². The first-order valence-corrected chi connectivity index (χ1v) is 10.5. The number of rotatable bonds is 5. The Bertz CT molecular complexity index is 1150. The van der Waals surface area contributed by atoms with Gasteiger partial charge in [-0.15, -0.1) is 0 Å². The average Bonchev–Trinajstić information content (AvgIpc) is 2.61. The summed E-state index contributed by atoms with van der Waals surface area (Å²) in [7, 11) is -3.86. The molecule has 0 aliphatic rings. The molecule has 9 heteroatoms. The van der Waals surface area contributed by atoms with Crippen LogP contribution >= 0.6 is 23.2 Å². The van der Waals surface area contributed by atoms with Crippen LogP contribution in [-0.2, 0) is 15.6 Å². The van der Waals surface area contributed by atoms with Gasteiger partial charge < -0.3 is 5.32 Å². The summed E-state index contributed by atoms with van der Waals surface area (Å²) in [4.78, 5) is 20.2. The van der Waals surface area contributed by atoms with Crippen molar-refractivity contribution in [2.24, 2.45) is 0 Å². The number of anilines is 1. The topological polar surface area (TPSA) is 89.0 Å². The van der Waals surface area contributed by atoms with Gasteiger partial charge in [-0.1, -0.05) is 59.1 Å². The molecular formula is C19H15Cl2N3O3S. The second-order valence-corrected chi connectivity index (χ2v) is 8.79. The van der Waals surface area contributed by atoms with E-state index in [1.807, 2.05) is 13.0 Å². The number of halogens is 2. The molecule has 0 bridgehead atoms. The predicted molar refractivity (Wildman–Crippen MR) is 109 cm³/mol. The van der Waals surface area contributed by atoms with E-state index in [2.05, 4.69) is 15.3 Å². The second-order valence-electron chi connectivity index (χ2n) is 6.06. The highest BCUT2D eigenvalue weighted by Gasteiger charge is 2.23. The van der Waals surface area contributed by atoms with Crippen LogP contribution in [-0.4, -0.2) is 24.3 Å². The quantitative estimate of drug-likeness (QED) is 0.602. The van der Waals surface area contributed by atoms with Gasteiger partial charge in [0, 0.05) is 10.7 Å². The minimum atomic E-state index is -3.86. The minimum Gasteiger partial charge on any atom is -0.321 e. The van der Waals surface area contributed by atoms with Gasteiger partial charge in [-0.3, -0.25) is 4.79 Å². The van der Waals surface area contributed by atoms with Gasteiger partial charge in [0.15, 0.2) is 5.69 Å². The van der Waals surface area contributed by atoms with E-state index in [1.54, 1.807) is 42.5 Å². The maximum Gasteiger partial charge on any atom is 0.275 e. The van der Waals surface area contributed by atoms with Gasteiger partial charge in [0.2, 0.25) is 15.0 Å². The van der Waals surface area contributed by atoms with Crippen molar-refractivity contribution in [2.45, 2.75) is 17.8 Å². The lowest BCUT2D eigenvalue weighted by molar-refractivity contribution is 0.102. The number of nitrogens with one attached hydrogen (secondary N) is 1. The molecule has 1 aromatic heterocycles. The van der Waals surface area contributed by atoms with Gasteiger partial charge in [-0.25, -0.2) is 18.4 Å². The van der Waals surface area contributed by atoms with E-state index >= 15 is 0 Å². The Hall–Kier alpha value is -2.48. The molecule has 0 atom stereocenters. The normalized spacial score (nSPS) is 11.2. The number of amides is 1. The summed E-state index contributed by atoms with van der Waals surface area (Å²) in [6.45, 7) is 1.87. The van der Waals surface area contributed by atoms with Gasteiger partial charge in [0.1, 0.15) is 0 Å². The molecule has 0 fully saturated rings. The number of aromatic nitrogens is 2. The number of hydrogen-bond acceptors (Lipinski definition) is 5. The van der Waals surface area contributed by atoms with E-state index in [0.29, 0.717) is 16.3 Å². The summed E-state index contributed by atoms with van der Waals surface area (Å²) in [5.41, 5.74) is 1.73. The number of hydrogen-bond donors (Lipinski definition) is 1. The predicted octanol–water partition coefficient (Wildman–Crippen LogP) is 4.32. The summed E-state index contributed by atoms with van der Waals surface area (Å²) >= 11 is 11.9. The summed E-state index contributed by atoms with van der Waals surface area (Å²) in [5.74, 6) is -0.951. The van der Waals surface area contributed by atoms with Gasteiger partial charge in [0.25, 0.3) is 5.91 Å². The summed E-state index contributed by atoms with van der Waals surface area (Å²) in [6.07, 6.45) is 1.10. The first-order chi connectivity index (χ1) is 13.2. The Morgan fingerprint density at radius 1 is 1.11 bits per heavy atom. The maximum absolute atomic E-state index is 12.7. The van der Waals surface area contributed by atoms with Crippen LogP contribution in [0.5, 0.6) is 0 Å². The van der Waals surface area contributed by atoms with Crippen LogP contribution in [0.15, 0.2) is 59.9 Å². The van der Waals surface area contributed by atoms with Gasteiger partial charge in [0.05, 0.1) is 17.0 Å². The van der Waals surface area contributed by atoms with E-state index in [9.17, 15) is 13.2 Å². The van der Waals surface area contributed by atoms with Crippen LogP contribution in [0.2, 0.25) is 10.0 Å². The Morgan fingerprint density at radius 2 is 1.86 bits per heavy atom. The molecular weight excluding hydrogens is 421 g/mol. The third-order valence-electron chi connectivity index (χ3n) is 3.74. The van der Waals surface area contributed by atoms with E-state index in [4.69, 9.17) is 23.2 Å². The molecule has 3 rings (SSSR count). The highest BCUT2D eigenvalue weighted by Crippen LogP contribution is 2.20. The first-order valence-electron chi connectivity index (χ1n) is 8.12. The third-order valence-corrected chi connectivity index (χ3v) is 5.72. The van der Waals surface area contributed by atoms with Crippen molar-refractivity contribution in [3.05, 3.63) is 81.6 Å². The molecule has 0 aliphatic heterocycles. The minimum absolute atomic E-state index is 0.0611. The number of nitrogens with zero attached hydrogens (tertiary/aromatic N) is 2. The standard InChI is InChI=1S/C19H15Cl2N3O3S/c1-12-4-2-5-13(8-12)11-28(26,27)19-22-10-16(21)17(24-19)18(25)23-15-7-3-6-14(20)9-15/h2-10H,11H2,1H3,(H,23,25). The molecule has 0 aliphatic carbocycles. The Kier molecular flexibility index (Phi) is 5.98. The summed E-state index contributed by atoms with van der Waals surface area (Å²) in [6, 6.07) is 13.6. The van der Waals surface area contributed by atoms with Crippen molar-refractivity contribution in [2.75, 3.05) is 5.32 Å². The fourth-order valence-corrected chi connectivity index (χ4v) is 4.06. The summed E-state index contributed by atoms with van der Waals surface area (Å²) in [5, 5.41) is 2.50. The third kappa shape index (κ3) is 4.86. The van der Waals surface area contributed by atoms with Crippen molar-refractivity contribution >= 4 is 44.6 Å². The molecule has 0 spiro atoms. The number of carbonyl (C=O) groups is 1. The van der Waals surface area contributed by atoms with Crippen LogP contribution in [0.3, 0.4) is 0 Å². The largest absolute Gasteiger partial charge is 0.321 e. The lowest BCUT2D eigenvalue weighted by Gasteiger charge is -2.09. The van der Waals surface area contributed by atoms with E-state index < -0.39 is 20.9 Å². The van der Waals surface area contributed by atoms with Crippen molar-refractivity contribution in [1.82, 2.24) is 9.97 Å². The van der Waals surface area contributed by atoms with Crippen LogP contribution in [0.25, 0.3) is 0 Å². The van der Waals surface area contributed by atoms with E-state index in [1.165, 1.54) is 0 Å². The van der Waals surface area contributed by atoms with Gasteiger partial charge >= 0.3 is 0 Å². The molecule has 3 aromatic rings. The molecule has 0 radical (unpaired) electrons. The van der Waals surface area contributed by atoms with Crippen molar-refractivity contribution in [1.29, 1.82) is 0 Å². The Labute approximate surface area is 172 Å². The fourth-order valence-electron chi connectivity index (χ4n) is 2.50. The zero-order chi connectivity index (χ0) is 20.3. The SMILES string of the molecule is Cc1cccc(CS(=O)(=O)c2ncc(Cl)c(C(=O)Nc3cccc(Cl)c3)n2)c1. The van der Waals surface area contributed by atoms with Crippen LogP contribution in [0.4, 0.5) is 5.69 Å². The Balaban J connectivity index is 1.89. The molecule has 1 amide bonds. The van der Waals surface area contributed by atoms with Crippen molar-refractivity contribution in [3.63, 3.8) is 0 Å². The Morgan fingerprint density at radius 3 is 2.57 bits per heavy atom. The lowest BCUT2D eigenvalue weighted by atomic mass is 10.2. The molecule has 0 unspecified atom stereocenters. The van der Waals surface area contributed by atoms with Crippen LogP contribution in [0.1, 0.15) is 21.6 Å². The van der Waals surface area contributed by atoms with Crippen molar-refractivity contribution in [3.8, 4) is 0 Å². The highest BCUT2D eigenvalue weighted by atomic mass is 35.5. The molecule has 2 aromatic carbocycles. The second kappa shape index (κ2) is 8.26. The summed E-state index contributed by atoms with van der Waals surface area (Å²) < 4.78 is 25.4. The molecule has 144 valence electrons. The monoisotopic (exact) mass is 435 g/mol. The molecule has 0 saturated carbocycles. The van der Waals surface area contributed by atoms with Crippen LogP contribution in [0, 0.1) is 6.92 Å². The highest BCUT2D eigenvalue weighted by molar-refractivity contribution is 7.90. The molecule has 0 saturated heterocycles. The zero-order valence-electron chi connectivity index (χ0n) is 14.7. The number of aryl methyl sites for hydroxylation is 1. The average molecular weight is 436 g/mol. The molecule has 1 N–H and O–H groups in total. The van der Waals surface area contributed by atoms with E-state index in [0.717, 1.165) is 11.8 Å². The van der Waals surface area contributed by atoms with Crippen molar-refractivity contribution < 1.29 is 13.2 Å². The van der Waals surface area contributed by atoms with E-state index in [-0.39, 0.29) is 16.5 Å². The zero-order valence-corrected chi connectivity index (χ0v) is 17.0. The lowest BCUT2D eigenvalue weighted by Crippen LogP contribution is -2.18. The van der Waals surface area contributed by atoms with Crippen LogP contribution < -0.4 is 5.32 Å². The first kappa shape index (κ1) is 20.3. The number of benzene rings is 2. The van der Waals surface area contributed by atoms with Gasteiger partial charge in [-0.05, 0) is 30.7 Å². The molecule has 1 heterocycles. The maximum atomic E-state index is 12.7.